The highest BCUT2D eigenvalue weighted by atomic mass is 16.3. The molecule has 0 aromatic heterocycles. The highest BCUT2D eigenvalue weighted by molar-refractivity contribution is 5.76. The van der Waals surface area contributed by atoms with Crippen molar-refractivity contribution >= 4 is 5.91 Å². The second-order valence-corrected chi connectivity index (χ2v) is 17.6. The van der Waals surface area contributed by atoms with Crippen LogP contribution >= 0.6 is 0 Å². The van der Waals surface area contributed by atoms with E-state index in [1.165, 1.54) is 218 Å². The van der Waals surface area contributed by atoms with Crippen LogP contribution in [0.1, 0.15) is 277 Å². The number of carbonyl (C=O) groups excluding carboxylic acids is 1. The van der Waals surface area contributed by atoms with Gasteiger partial charge in [-0.2, -0.15) is 0 Å². The Hall–Kier alpha value is -1.39. The molecule has 1 amide bonds. The summed E-state index contributed by atoms with van der Waals surface area (Å²) < 4.78 is 0. The molecule has 2 unspecified atom stereocenters. The summed E-state index contributed by atoms with van der Waals surface area (Å²) in [5.41, 5.74) is 0. The lowest BCUT2D eigenvalue weighted by molar-refractivity contribution is -0.123. The number of carbonyl (C=O) groups is 1. The van der Waals surface area contributed by atoms with E-state index in [2.05, 4.69) is 43.5 Å². The smallest absolute Gasteiger partial charge is 0.220 e. The van der Waals surface area contributed by atoms with E-state index >= 15 is 0 Å². The minimum absolute atomic E-state index is 0.0739. The fourth-order valence-corrected chi connectivity index (χ4v) is 7.92. The van der Waals surface area contributed by atoms with Gasteiger partial charge in [0.25, 0.3) is 0 Å². The molecule has 4 nitrogen and oxygen atoms in total. The van der Waals surface area contributed by atoms with Gasteiger partial charge in [-0.3, -0.25) is 4.79 Å². The maximum absolute atomic E-state index is 12.4. The Balaban J connectivity index is 3.56. The third-order valence-electron chi connectivity index (χ3n) is 11.9. The topological polar surface area (TPSA) is 69.6 Å². The first-order chi connectivity index (χ1) is 28.2. The van der Waals surface area contributed by atoms with Crippen molar-refractivity contribution in [1.29, 1.82) is 0 Å². The molecule has 0 fully saturated rings. The fraction of sp³-hybridized carbons (Fsp3) is 0.868. The maximum atomic E-state index is 12.4. The highest BCUT2D eigenvalue weighted by Crippen LogP contribution is 2.16. The molecule has 336 valence electrons. The zero-order valence-electron chi connectivity index (χ0n) is 38.6. The van der Waals surface area contributed by atoms with Gasteiger partial charge < -0.3 is 15.5 Å². The van der Waals surface area contributed by atoms with Crippen molar-refractivity contribution < 1.29 is 15.0 Å². The number of allylic oxidation sites excluding steroid dienone is 5. The number of aliphatic hydroxyl groups is 2. The highest BCUT2D eigenvalue weighted by Gasteiger charge is 2.17. The number of hydrogen-bond donors (Lipinski definition) is 3. The molecule has 3 N–H and O–H groups in total. The Bertz CT molecular complexity index is 866. The van der Waals surface area contributed by atoms with E-state index in [0.29, 0.717) is 6.42 Å². The Morgan fingerprint density at radius 2 is 0.684 bits per heavy atom. The summed E-state index contributed by atoms with van der Waals surface area (Å²) in [4.78, 5) is 12.4. The fourth-order valence-electron chi connectivity index (χ4n) is 7.92. The molecular weight excluding hydrogens is 699 g/mol. The Morgan fingerprint density at radius 1 is 0.404 bits per heavy atom. The predicted molar refractivity (Wildman–Crippen MR) is 253 cm³/mol. The molecule has 0 aromatic carbocycles. The van der Waals surface area contributed by atoms with Crippen LogP contribution in [0.3, 0.4) is 0 Å². The summed E-state index contributed by atoms with van der Waals surface area (Å²) in [5.74, 6) is -0.0739. The summed E-state index contributed by atoms with van der Waals surface area (Å²) in [6.07, 6.45) is 65.7. The summed E-state index contributed by atoms with van der Waals surface area (Å²) >= 11 is 0. The van der Waals surface area contributed by atoms with Gasteiger partial charge in [0.15, 0.2) is 0 Å². The van der Waals surface area contributed by atoms with Crippen molar-refractivity contribution in [3.8, 4) is 0 Å². The van der Waals surface area contributed by atoms with E-state index in [-0.39, 0.29) is 12.5 Å². The van der Waals surface area contributed by atoms with Gasteiger partial charge >= 0.3 is 0 Å². The van der Waals surface area contributed by atoms with Crippen LogP contribution in [-0.4, -0.2) is 34.9 Å². The molecule has 0 rings (SSSR count). The molecule has 0 bridgehead atoms. The first-order valence-corrected chi connectivity index (χ1v) is 25.7. The maximum Gasteiger partial charge on any atom is 0.220 e. The monoisotopic (exact) mass is 800 g/mol. The average molecular weight is 800 g/mol. The van der Waals surface area contributed by atoms with Gasteiger partial charge in [-0.15, -0.1) is 0 Å². The van der Waals surface area contributed by atoms with Crippen molar-refractivity contribution in [3.05, 3.63) is 36.5 Å². The molecule has 0 aromatic rings. The van der Waals surface area contributed by atoms with Gasteiger partial charge in [-0.25, -0.2) is 0 Å². The van der Waals surface area contributed by atoms with Crippen molar-refractivity contribution in [3.63, 3.8) is 0 Å². The number of nitrogens with one attached hydrogen (secondary N) is 1. The van der Waals surface area contributed by atoms with E-state index in [0.717, 1.165) is 38.5 Å². The van der Waals surface area contributed by atoms with Gasteiger partial charge in [-0.05, 0) is 44.9 Å². The Morgan fingerprint density at radius 3 is 1.02 bits per heavy atom. The molecule has 0 aliphatic heterocycles. The molecular formula is C53H101NO3. The molecule has 0 saturated carbocycles. The van der Waals surface area contributed by atoms with E-state index in [4.69, 9.17) is 0 Å². The van der Waals surface area contributed by atoms with E-state index < -0.39 is 12.1 Å². The van der Waals surface area contributed by atoms with Crippen LogP contribution in [0.5, 0.6) is 0 Å². The first kappa shape index (κ1) is 55.6. The van der Waals surface area contributed by atoms with Crippen molar-refractivity contribution in [1.82, 2.24) is 5.32 Å². The summed E-state index contributed by atoms with van der Waals surface area (Å²) in [6.45, 7) is 4.32. The lowest BCUT2D eigenvalue weighted by Gasteiger charge is -2.19. The SMILES string of the molecule is CCCCCCCCCCCCCCCCCCC/C=C/CC/C=C/CC/C=C/C(O)C(CO)NC(=O)CCCCCCCCCCCCCCCCCCCC. The zero-order chi connectivity index (χ0) is 41.4. The number of amides is 1. The lowest BCUT2D eigenvalue weighted by atomic mass is 10.0. The van der Waals surface area contributed by atoms with E-state index in [1.807, 2.05) is 6.08 Å². The molecule has 57 heavy (non-hydrogen) atoms. The molecule has 0 spiro atoms. The summed E-state index contributed by atoms with van der Waals surface area (Å²) in [5, 5.41) is 23.1. The second kappa shape index (κ2) is 49.0. The second-order valence-electron chi connectivity index (χ2n) is 17.6. The van der Waals surface area contributed by atoms with E-state index in [1.54, 1.807) is 6.08 Å². The minimum atomic E-state index is -0.868. The molecule has 4 heteroatoms. The van der Waals surface area contributed by atoms with Crippen LogP contribution in [0.2, 0.25) is 0 Å². The van der Waals surface area contributed by atoms with Crippen LogP contribution in [0, 0.1) is 0 Å². The van der Waals surface area contributed by atoms with Gasteiger partial charge in [-0.1, -0.05) is 262 Å². The van der Waals surface area contributed by atoms with Gasteiger partial charge in [0.05, 0.1) is 18.8 Å². The number of aliphatic hydroxyl groups excluding tert-OH is 2. The molecule has 0 heterocycles. The molecule has 0 aliphatic carbocycles. The minimum Gasteiger partial charge on any atom is -0.394 e. The molecule has 0 saturated heterocycles. The Labute approximate surface area is 357 Å². The van der Waals surface area contributed by atoms with Crippen LogP contribution in [0.25, 0.3) is 0 Å². The Kier molecular flexibility index (Phi) is 47.8. The van der Waals surface area contributed by atoms with E-state index in [9.17, 15) is 15.0 Å². The first-order valence-electron chi connectivity index (χ1n) is 25.7. The molecule has 0 radical (unpaired) electrons. The largest absolute Gasteiger partial charge is 0.394 e. The van der Waals surface area contributed by atoms with Crippen molar-refractivity contribution in [2.24, 2.45) is 0 Å². The summed E-state index contributed by atoms with van der Waals surface area (Å²) in [6, 6.07) is -0.643. The van der Waals surface area contributed by atoms with Crippen LogP contribution in [0.15, 0.2) is 36.5 Å². The third-order valence-corrected chi connectivity index (χ3v) is 11.9. The van der Waals surface area contributed by atoms with Gasteiger partial charge in [0.2, 0.25) is 5.91 Å². The van der Waals surface area contributed by atoms with Crippen LogP contribution in [-0.2, 0) is 4.79 Å². The standard InChI is InChI=1S/C53H101NO3/c1-3-5-7-9-11-13-15-17-19-21-23-24-25-26-27-28-29-30-31-32-34-36-38-40-42-44-46-48-52(56)51(50-55)54-53(57)49-47-45-43-41-39-37-35-33-22-20-18-16-14-12-10-8-6-4-2/h31-32,38,40,46,48,51-52,55-56H,3-30,33-37,39,41-45,47,49-50H2,1-2H3,(H,54,57)/b32-31+,40-38+,48-46+. The van der Waals surface area contributed by atoms with Gasteiger partial charge in [0, 0.05) is 6.42 Å². The van der Waals surface area contributed by atoms with Crippen molar-refractivity contribution in [2.45, 2.75) is 289 Å². The zero-order valence-corrected chi connectivity index (χ0v) is 38.6. The van der Waals surface area contributed by atoms with Gasteiger partial charge in [0.1, 0.15) is 0 Å². The molecule has 2 atom stereocenters. The van der Waals surface area contributed by atoms with Crippen LogP contribution in [0.4, 0.5) is 0 Å². The lowest BCUT2D eigenvalue weighted by Crippen LogP contribution is -2.45. The third kappa shape index (κ3) is 45.5. The summed E-state index contributed by atoms with van der Waals surface area (Å²) in [7, 11) is 0. The van der Waals surface area contributed by atoms with Crippen molar-refractivity contribution in [2.75, 3.05) is 6.61 Å². The molecule has 0 aliphatic rings. The van der Waals surface area contributed by atoms with Crippen LogP contribution < -0.4 is 5.32 Å². The normalized spacial score (nSPS) is 13.1. The predicted octanol–water partition coefficient (Wildman–Crippen LogP) is 16.5. The number of hydrogen-bond acceptors (Lipinski definition) is 3. The number of unbranched alkanes of at least 4 members (excludes halogenated alkanes) is 36. The number of rotatable bonds is 47. The quantitative estimate of drug-likeness (QED) is 0.0424. The average Bonchev–Trinajstić information content (AvgIpc) is 3.22.